The van der Waals surface area contributed by atoms with E-state index in [1.54, 1.807) is 0 Å². The number of esters is 1. The van der Waals surface area contributed by atoms with Crippen molar-refractivity contribution < 1.29 is 34.7 Å². The van der Waals surface area contributed by atoms with E-state index >= 15 is 0 Å². The van der Waals surface area contributed by atoms with Gasteiger partial charge < -0.3 is 35.6 Å². The van der Waals surface area contributed by atoms with Crippen LogP contribution in [-0.2, 0) is 14.3 Å². The van der Waals surface area contributed by atoms with Gasteiger partial charge in [0, 0.05) is 0 Å². The van der Waals surface area contributed by atoms with E-state index in [1.165, 1.54) is 13.8 Å². The zero-order valence-corrected chi connectivity index (χ0v) is 10.2. The Morgan fingerprint density at radius 3 is 2.28 bits per heavy atom. The van der Waals surface area contributed by atoms with Crippen LogP contribution in [0, 0.1) is 0 Å². The quantitative estimate of drug-likeness (QED) is 0.341. The van der Waals surface area contributed by atoms with Crippen LogP contribution in [0.1, 0.15) is 13.8 Å². The molecule has 0 radical (unpaired) electrons. The first-order valence-corrected chi connectivity index (χ1v) is 5.48. The predicted octanol–water partition coefficient (Wildman–Crippen LogP) is -2.93. The zero-order chi connectivity index (χ0) is 14.1. The minimum absolute atomic E-state index is 0.387. The molecule has 1 heterocycles. The van der Waals surface area contributed by atoms with Crippen molar-refractivity contribution in [2.45, 2.75) is 50.1 Å². The summed E-state index contributed by atoms with van der Waals surface area (Å²) in [6.07, 6.45) is -7.46. The van der Waals surface area contributed by atoms with Gasteiger partial charge in [-0.25, -0.2) is 0 Å². The molecule has 1 aliphatic rings. The Kier molecular flexibility index (Phi) is 4.65. The van der Waals surface area contributed by atoms with E-state index in [9.17, 15) is 25.2 Å². The molecule has 6 N–H and O–H groups in total. The van der Waals surface area contributed by atoms with Gasteiger partial charge >= 0.3 is 5.97 Å². The molecule has 1 saturated heterocycles. The molecule has 8 heteroatoms. The molecular formula is C10H19NO7. The summed E-state index contributed by atoms with van der Waals surface area (Å²) in [5, 5.41) is 37.5. The monoisotopic (exact) mass is 265 g/mol. The molecule has 0 unspecified atom stereocenters. The number of hydrogen-bond donors (Lipinski definition) is 5. The average Bonchev–Trinajstić information content (AvgIpc) is 2.27. The van der Waals surface area contributed by atoms with E-state index in [0.29, 0.717) is 0 Å². The van der Waals surface area contributed by atoms with Gasteiger partial charge in [-0.1, -0.05) is 0 Å². The van der Waals surface area contributed by atoms with Crippen molar-refractivity contribution in [3.05, 3.63) is 0 Å². The van der Waals surface area contributed by atoms with Crippen LogP contribution >= 0.6 is 0 Å². The van der Waals surface area contributed by atoms with Crippen molar-refractivity contribution in [2.75, 3.05) is 6.61 Å². The Balaban J connectivity index is 2.55. The molecular weight excluding hydrogens is 246 g/mol. The first-order chi connectivity index (χ1) is 8.14. The van der Waals surface area contributed by atoms with Gasteiger partial charge in [0.05, 0.1) is 0 Å². The van der Waals surface area contributed by atoms with Crippen molar-refractivity contribution in [3.63, 3.8) is 0 Å². The van der Waals surface area contributed by atoms with E-state index < -0.39 is 42.2 Å². The van der Waals surface area contributed by atoms with Crippen LogP contribution in [0.5, 0.6) is 0 Å². The fourth-order valence-corrected chi connectivity index (χ4v) is 1.41. The summed E-state index contributed by atoms with van der Waals surface area (Å²) in [6, 6.07) is 0. The maximum absolute atomic E-state index is 11.4. The first kappa shape index (κ1) is 15.3. The van der Waals surface area contributed by atoms with Gasteiger partial charge in [-0.15, -0.1) is 0 Å². The molecule has 0 amide bonds. The fourth-order valence-electron chi connectivity index (χ4n) is 1.41. The third-order valence-corrected chi connectivity index (χ3v) is 2.59. The third-order valence-electron chi connectivity index (χ3n) is 2.59. The lowest BCUT2D eigenvalue weighted by molar-refractivity contribution is -0.287. The Bertz CT molecular complexity index is 303. The van der Waals surface area contributed by atoms with Crippen molar-refractivity contribution in [1.82, 2.24) is 0 Å². The predicted molar refractivity (Wildman–Crippen MR) is 58.1 cm³/mol. The molecule has 18 heavy (non-hydrogen) atoms. The second-order valence-corrected chi connectivity index (χ2v) is 4.86. The maximum atomic E-state index is 11.4. The molecule has 0 saturated carbocycles. The number of carbonyl (C=O) groups excluding carboxylic acids is 1. The zero-order valence-electron chi connectivity index (χ0n) is 10.2. The molecule has 0 spiro atoms. The topological polar surface area (TPSA) is 142 Å². The van der Waals surface area contributed by atoms with Crippen molar-refractivity contribution >= 4 is 5.97 Å². The number of aliphatic hydroxyl groups excluding tert-OH is 4. The van der Waals surface area contributed by atoms with Crippen molar-refractivity contribution in [3.8, 4) is 0 Å². The Morgan fingerprint density at radius 2 is 1.78 bits per heavy atom. The van der Waals surface area contributed by atoms with Gasteiger partial charge in [0.2, 0.25) is 0 Å². The molecule has 0 aromatic carbocycles. The number of nitrogens with two attached hydrogens (primary N) is 1. The first-order valence-electron chi connectivity index (χ1n) is 5.48. The van der Waals surface area contributed by atoms with Crippen LogP contribution in [0.3, 0.4) is 0 Å². The summed E-state index contributed by atoms with van der Waals surface area (Å²) in [5.41, 5.74) is 4.29. The van der Waals surface area contributed by atoms with Crippen molar-refractivity contribution in [2.24, 2.45) is 5.73 Å². The highest BCUT2D eigenvalue weighted by Crippen LogP contribution is 2.20. The van der Waals surface area contributed by atoms with Gasteiger partial charge in [-0.05, 0) is 13.8 Å². The Morgan fingerprint density at radius 1 is 1.22 bits per heavy atom. The van der Waals surface area contributed by atoms with Crippen LogP contribution < -0.4 is 5.73 Å². The number of hydrogen-bond acceptors (Lipinski definition) is 8. The number of ether oxygens (including phenoxy) is 2. The summed E-state index contributed by atoms with van der Waals surface area (Å²) >= 11 is 0. The summed E-state index contributed by atoms with van der Waals surface area (Å²) < 4.78 is 9.62. The number of aliphatic hydroxyl groups is 4. The summed E-state index contributed by atoms with van der Waals surface area (Å²) in [4.78, 5) is 11.4. The lowest BCUT2D eigenvalue weighted by Crippen LogP contribution is -2.59. The Labute approximate surface area is 104 Å². The van der Waals surface area contributed by atoms with E-state index in [0.717, 1.165) is 0 Å². The average molecular weight is 265 g/mol. The largest absolute Gasteiger partial charge is 0.461 e. The van der Waals surface area contributed by atoms with Gasteiger partial charge in [0.15, 0.2) is 6.29 Å². The molecule has 0 bridgehead atoms. The van der Waals surface area contributed by atoms with E-state index in [2.05, 4.69) is 0 Å². The third kappa shape index (κ3) is 3.37. The summed E-state index contributed by atoms with van der Waals surface area (Å²) in [6.45, 7) is 2.50. The molecule has 1 fully saturated rings. The smallest absolute Gasteiger partial charge is 0.325 e. The molecule has 1 rings (SSSR count). The van der Waals surface area contributed by atoms with E-state index in [-0.39, 0.29) is 6.61 Å². The van der Waals surface area contributed by atoms with Crippen LogP contribution in [0.4, 0.5) is 0 Å². The second-order valence-electron chi connectivity index (χ2n) is 4.86. The minimum atomic E-state index is -1.65. The van der Waals surface area contributed by atoms with Gasteiger partial charge in [-0.2, -0.15) is 0 Å². The molecule has 5 atom stereocenters. The lowest BCUT2D eigenvalue weighted by Gasteiger charge is -2.38. The second kappa shape index (κ2) is 5.47. The number of rotatable bonds is 3. The molecule has 1 aliphatic heterocycles. The normalized spacial score (nSPS) is 37.4. The summed E-state index contributed by atoms with van der Waals surface area (Å²) in [5.74, 6) is -0.714. The van der Waals surface area contributed by atoms with Gasteiger partial charge in [0.1, 0.15) is 36.6 Å². The van der Waals surface area contributed by atoms with Crippen LogP contribution in [0.2, 0.25) is 0 Å². The minimum Gasteiger partial charge on any atom is -0.461 e. The van der Waals surface area contributed by atoms with Gasteiger partial charge in [0.25, 0.3) is 0 Å². The SMILES string of the molecule is CC(C)(N)C(=O)OC[C@H]1O[C@H](O)[C@H](O)[C@@H](O)[C@H]1O. The molecule has 8 nitrogen and oxygen atoms in total. The summed E-state index contributed by atoms with van der Waals surface area (Å²) in [7, 11) is 0. The molecule has 0 aromatic rings. The molecule has 106 valence electrons. The van der Waals surface area contributed by atoms with E-state index in [1.807, 2.05) is 0 Å². The molecule has 0 aliphatic carbocycles. The lowest BCUT2D eigenvalue weighted by atomic mass is 9.99. The van der Waals surface area contributed by atoms with Crippen LogP contribution in [0.25, 0.3) is 0 Å². The Hall–Kier alpha value is -0.770. The van der Waals surface area contributed by atoms with Crippen LogP contribution in [0.15, 0.2) is 0 Å². The highest BCUT2D eigenvalue weighted by Gasteiger charge is 2.43. The van der Waals surface area contributed by atoms with Crippen LogP contribution in [-0.4, -0.2) is 69.2 Å². The standard InChI is InChI=1S/C10H19NO7/c1-10(2,11)9(16)17-3-4-5(12)6(13)7(14)8(15)18-4/h4-8,12-15H,3,11H2,1-2H3/t4-,5+,6+,7-,8+/m1/s1. The molecule has 0 aromatic heterocycles. The van der Waals surface area contributed by atoms with Crippen molar-refractivity contribution in [1.29, 1.82) is 0 Å². The highest BCUT2D eigenvalue weighted by molar-refractivity contribution is 5.79. The maximum Gasteiger partial charge on any atom is 0.325 e. The fraction of sp³-hybridized carbons (Fsp3) is 0.900. The van der Waals surface area contributed by atoms with E-state index in [4.69, 9.17) is 15.2 Å². The van der Waals surface area contributed by atoms with Gasteiger partial charge in [-0.3, -0.25) is 4.79 Å². The number of carbonyl (C=O) groups is 1. The highest BCUT2D eigenvalue weighted by atomic mass is 16.6.